The third kappa shape index (κ3) is 20.9. The average molecular weight is 922 g/mol. The van der Waals surface area contributed by atoms with E-state index < -0.39 is 145 Å². The normalized spacial score (nSPS) is 15.3. The van der Waals surface area contributed by atoms with Crippen LogP contribution in [0.5, 0.6) is 0 Å². The van der Waals surface area contributed by atoms with Crippen LogP contribution in [0.4, 0.5) is 0 Å². The molecule has 0 spiro atoms. The molecule has 0 unspecified atom stereocenters. The van der Waals surface area contributed by atoms with Gasteiger partial charge in [-0.1, -0.05) is 58.0 Å². The number of nitrogens with one attached hydrogen (secondary N) is 7. The van der Waals surface area contributed by atoms with Crippen LogP contribution in [0.2, 0.25) is 0 Å². The molecular weight excluding hydrogens is 855 g/mol. The second-order valence-electron chi connectivity index (χ2n) is 16.4. The van der Waals surface area contributed by atoms with E-state index in [0.717, 1.165) is 0 Å². The molecule has 23 nitrogen and oxygen atoms in total. The lowest BCUT2D eigenvalue weighted by Gasteiger charge is -2.30. The molecule has 0 saturated carbocycles. The number of carboxylic acid groups (broad SMARTS) is 3. The lowest BCUT2D eigenvalue weighted by molar-refractivity contribution is -0.143. The highest BCUT2D eigenvalue weighted by atomic mass is 16.4. The molecule has 7 amide bonds. The van der Waals surface area contributed by atoms with Gasteiger partial charge in [0.15, 0.2) is 0 Å². The highest BCUT2D eigenvalue weighted by Gasteiger charge is 2.37. The number of carbonyl (C=O) groups is 10. The molecule has 9 atom stereocenters. The third-order valence-corrected chi connectivity index (χ3v) is 10.0. The Hall–Kier alpha value is -6.20. The van der Waals surface area contributed by atoms with Gasteiger partial charge in [-0.3, -0.25) is 43.2 Å². The number of carboxylic acids is 3. The van der Waals surface area contributed by atoms with Crippen molar-refractivity contribution in [2.24, 2.45) is 23.3 Å². The number of aliphatic hydroxyl groups excluding tert-OH is 1. The second kappa shape index (κ2) is 28.6. The predicted molar refractivity (Wildman–Crippen MR) is 233 cm³/mol. The van der Waals surface area contributed by atoms with Gasteiger partial charge in [-0.25, -0.2) is 4.79 Å². The summed E-state index contributed by atoms with van der Waals surface area (Å²) in [7, 11) is 0. The Morgan fingerprint density at radius 2 is 0.908 bits per heavy atom. The molecule has 0 aromatic heterocycles. The fourth-order valence-corrected chi connectivity index (χ4v) is 6.21. The van der Waals surface area contributed by atoms with Crippen LogP contribution in [0.25, 0.3) is 0 Å². The number of aliphatic hydroxyl groups is 1. The third-order valence-electron chi connectivity index (χ3n) is 10.0. The van der Waals surface area contributed by atoms with Crippen molar-refractivity contribution in [2.75, 3.05) is 6.54 Å². The summed E-state index contributed by atoms with van der Waals surface area (Å²) < 4.78 is 0. The van der Waals surface area contributed by atoms with Crippen LogP contribution in [-0.2, 0) is 54.4 Å². The molecule has 15 N–H and O–H groups in total. The number of aliphatic carboxylic acids is 3. The number of nitrogens with two attached hydrogens (primary N) is 2. The SMILES string of the molecule is CC(C)[C@H](NC(=O)[C@H](Cc1ccccc1)NC(=O)[C@H](CCC(=O)O)NC(=O)[C@H](C)N)C(=O)N[C@@H](CCC(=O)O)C(=O)N[C@H](C(=O)N[C@H](C(=O)N[C@@H](CCCCN)C(=O)O)[C@@H](C)O)C(C)C. The van der Waals surface area contributed by atoms with Crippen LogP contribution in [0.3, 0.4) is 0 Å². The van der Waals surface area contributed by atoms with Gasteiger partial charge in [0.1, 0.15) is 42.3 Å². The van der Waals surface area contributed by atoms with Crippen LogP contribution in [0, 0.1) is 11.8 Å². The van der Waals surface area contributed by atoms with E-state index >= 15 is 0 Å². The fourth-order valence-electron chi connectivity index (χ4n) is 6.21. The number of hydrogen-bond donors (Lipinski definition) is 13. The summed E-state index contributed by atoms with van der Waals surface area (Å²) >= 11 is 0. The molecular formula is C42H67N9O14. The van der Waals surface area contributed by atoms with Crippen molar-refractivity contribution in [3.63, 3.8) is 0 Å². The van der Waals surface area contributed by atoms with E-state index in [4.69, 9.17) is 11.5 Å². The molecule has 0 aliphatic heterocycles. The van der Waals surface area contributed by atoms with Crippen molar-refractivity contribution in [2.45, 2.75) is 147 Å². The average Bonchev–Trinajstić information content (AvgIpc) is 3.22. The first-order valence-electron chi connectivity index (χ1n) is 21.4. The summed E-state index contributed by atoms with van der Waals surface area (Å²) in [6, 6.07) is -3.00. The lowest BCUT2D eigenvalue weighted by atomic mass is 9.99. The fraction of sp³-hybridized carbons (Fsp3) is 0.619. The lowest BCUT2D eigenvalue weighted by Crippen LogP contribution is -2.62. The highest BCUT2D eigenvalue weighted by molar-refractivity contribution is 5.98. The Balaban J connectivity index is 3.41. The highest BCUT2D eigenvalue weighted by Crippen LogP contribution is 2.12. The van der Waals surface area contributed by atoms with E-state index in [0.29, 0.717) is 24.9 Å². The van der Waals surface area contributed by atoms with Crippen molar-refractivity contribution < 1.29 is 68.4 Å². The molecule has 23 heteroatoms. The van der Waals surface area contributed by atoms with E-state index in [2.05, 4.69) is 37.2 Å². The summed E-state index contributed by atoms with van der Waals surface area (Å²) in [5.74, 6) is -11.9. The number of unbranched alkanes of at least 4 members (excludes halogenated alkanes) is 1. The summed E-state index contributed by atoms with van der Waals surface area (Å²) in [4.78, 5) is 129. The number of hydrogen-bond acceptors (Lipinski definition) is 13. The largest absolute Gasteiger partial charge is 0.481 e. The summed E-state index contributed by atoms with van der Waals surface area (Å²) in [5.41, 5.74) is 11.7. The van der Waals surface area contributed by atoms with Crippen molar-refractivity contribution in [3.05, 3.63) is 35.9 Å². The summed E-state index contributed by atoms with van der Waals surface area (Å²) in [6.07, 6.45) is -2.79. The molecule has 0 bridgehead atoms. The molecule has 0 fully saturated rings. The maximum absolute atomic E-state index is 14.0. The van der Waals surface area contributed by atoms with E-state index in [1.807, 2.05) is 0 Å². The minimum Gasteiger partial charge on any atom is -0.481 e. The molecule has 1 aromatic carbocycles. The molecule has 0 saturated heterocycles. The van der Waals surface area contributed by atoms with Crippen LogP contribution < -0.4 is 48.7 Å². The van der Waals surface area contributed by atoms with Crippen LogP contribution in [0.15, 0.2) is 30.3 Å². The van der Waals surface area contributed by atoms with Gasteiger partial charge in [-0.15, -0.1) is 0 Å². The first-order valence-corrected chi connectivity index (χ1v) is 21.4. The Bertz CT molecular complexity index is 1790. The zero-order valence-electron chi connectivity index (χ0n) is 37.6. The molecule has 65 heavy (non-hydrogen) atoms. The van der Waals surface area contributed by atoms with Gasteiger partial charge < -0.3 is 69.1 Å². The van der Waals surface area contributed by atoms with Crippen LogP contribution in [0.1, 0.15) is 92.1 Å². The van der Waals surface area contributed by atoms with E-state index in [-0.39, 0.29) is 19.3 Å². The van der Waals surface area contributed by atoms with Gasteiger partial charge in [0.2, 0.25) is 41.4 Å². The molecule has 364 valence electrons. The van der Waals surface area contributed by atoms with Gasteiger partial charge in [-0.05, 0) is 69.9 Å². The maximum atomic E-state index is 14.0. The minimum atomic E-state index is -1.67. The zero-order chi connectivity index (χ0) is 49.6. The topological polar surface area (TPSA) is 388 Å². The van der Waals surface area contributed by atoms with Crippen molar-refractivity contribution >= 4 is 59.3 Å². The number of amides is 7. The Kier molecular flexibility index (Phi) is 25.0. The Morgan fingerprint density at radius 1 is 0.508 bits per heavy atom. The summed E-state index contributed by atoms with van der Waals surface area (Å²) in [6.45, 7) is 8.99. The van der Waals surface area contributed by atoms with Gasteiger partial charge in [-0.2, -0.15) is 0 Å². The Morgan fingerprint density at radius 3 is 1.34 bits per heavy atom. The first kappa shape index (κ1) is 56.8. The second-order valence-corrected chi connectivity index (χ2v) is 16.4. The standard InChI is InChI=1S/C42H67N9O14/c1-21(2)32(50-38(60)29(20-25-12-8-7-9-13-25)48-36(58)26(15-17-30(53)54)45-35(57)23(5)44)39(61)46-27(16-18-31(55)56)37(59)49-33(22(3)4)40(62)51-34(24(6)52)41(63)47-28(42(64)65)14-10-11-19-43/h7-9,12-13,21-24,26-29,32-34,52H,10-11,14-20,43-44H2,1-6H3,(H,45,57)(H,46,61)(H,47,63)(H,48,58)(H,49,59)(H,50,60)(H,51,62)(H,53,54)(H,55,56)(H,64,65)/t23-,24+,26-,27-,28-,29-,32-,33-,34-/m0/s1. The molecule has 0 aliphatic carbocycles. The van der Waals surface area contributed by atoms with Gasteiger partial charge >= 0.3 is 17.9 Å². The Labute approximate surface area is 377 Å². The van der Waals surface area contributed by atoms with E-state index in [9.17, 15) is 68.4 Å². The monoisotopic (exact) mass is 921 g/mol. The van der Waals surface area contributed by atoms with Gasteiger partial charge in [0.05, 0.1) is 12.1 Å². The van der Waals surface area contributed by atoms with Gasteiger partial charge in [0.25, 0.3) is 0 Å². The quantitative estimate of drug-likeness (QED) is 0.0358. The molecule has 0 radical (unpaired) electrons. The van der Waals surface area contributed by atoms with Crippen LogP contribution in [-0.4, -0.2) is 141 Å². The summed E-state index contributed by atoms with van der Waals surface area (Å²) in [5, 5.41) is 55.8. The molecule has 1 rings (SSSR count). The maximum Gasteiger partial charge on any atom is 0.326 e. The number of rotatable bonds is 30. The number of benzene rings is 1. The zero-order valence-corrected chi connectivity index (χ0v) is 37.6. The van der Waals surface area contributed by atoms with Crippen molar-refractivity contribution in [1.29, 1.82) is 0 Å². The molecule has 0 aliphatic rings. The van der Waals surface area contributed by atoms with Crippen molar-refractivity contribution in [3.8, 4) is 0 Å². The molecule has 0 heterocycles. The van der Waals surface area contributed by atoms with Gasteiger partial charge in [0, 0.05) is 19.3 Å². The van der Waals surface area contributed by atoms with E-state index in [1.165, 1.54) is 27.7 Å². The number of carbonyl (C=O) groups excluding carboxylic acids is 7. The smallest absolute Gasteiger partial charge is 0.326 e. The van der Waals surface area contributed by atoms with Crippen molar-refractivity contribution in [1.82, 2.24) is 37.2 Å². The predicted octanol–water partition coefficient (Wildman–Crippen LogP) is -2.39. The molecule has 1 aromatic rings. The minimum absolute atomic E-state index is 0.0195. The van der Waals surface area contributed by atoms with Crippen LogP contribution >= 0.6 is 0 Å². The first-order chi connectivity index (χ1) is 30.4. The van der Waals surface area contributed by atoms with E-state index in [1.54, 1.807) is 44.2 Å².